The van der Waals surface area contributed by atoms with Crippen molar-refractivity contribution >= 4 is 5.97 Å². The average molecular weight is 296 g/mol. The van der Waals surface area contributed by atoms with E-state index in [1.807, 2.05) is 0 Å². The summed E-state index contributed by atoms with van der Waals surface area (Å²) in [7, 11) is 0. The van der Waals surface area contributed by atoms with Crippen molar-refractivity contribution in [3.05, 3.63) is 0 Å². The smallest absolute Gasteiger partial charge is 0.306 e. The summed E-state index contributed by atoms with van der Waals surface area (Å²) >= 11 is 0. The Morgan fingerprint density at radius 3 is 2.62 bits per heavy atom. The molecule has 120 valence electrons. The molecule has 5 nitrogen and oxygen atoms in total. The van der Waals surface area contributed by atoms with Crippen LogP contribution in [-0.2, 0) is 4.79 Å². The molecule has 2 aliphatic heterocycles. The number of piperidine rings is 1. The monoisotopic (exact) mass is 296 g/mol. The summed E-state index contributed by atoms with van der Waals surface area (Å²) in [5.41, 5.74) is -0.700. The molecule has 0 bridgehead atoms. The lowest BCUT2D eigenvalue weighted by atomic mass is 9.78. The molecule has 1 saturated carbocycles. The largest absolute Gasteiger partial charge is 0.481 e. The summed E-state index contributed by atoms with van der Waals surface area (Å²) in [5, 5.41) is 23.3. The highest BCUT2D eigenvalue weighted by Gasteiger charge is 2.39. The second-order valence-electron chi connectivity index (χ2n) is 7.21. The Balaban J connectivity index is 1.48. The molecule has 5 heteroatoms. The van der Waals surface area contributed by atoms with E-state index in [0.717, 1.165) is 0 Å². The van der Waals surface area contributed by atoms with Crippen LogP contribution in [0.25, 0.3) is 0 Å². The fraction of sp³-hybridized carbons (Fsp3) is 0.938. The van der Waals surface area contributed by atoms with Gasteiger partial charge in [-0.3, -0.25) is 9.69 Å². The normalized spacial score (nSPS) is 40.9. The number of aliphatic carboxylic acids is 1. The zero-order valence-electron chi connectivity index (χ0n) is 12.8. The highest BCUT2D eigenvalue weighted by Crippen LogP contribution is 2.33. The predicted molar refractivity (Wildman–Crippen MR) is 80.2 cm³/mol. The molecule has 2 atom stereocenters. The van der Waals surface area contributed by atoms with E-state index in [0.29, 0.717) is 44.3 Å². The molecule has 3 aliphatic rings. The predicted octanol–water partition coefficient (Wildman–Crippen LogP) is 1.21. The van der Waals surface area contributed by atoms with Crippen molar-refractivity contribution in [3.63, 3.8) is 0 Å². The first kappa shape index (κ1) is 15.3. The third-order valence-electron chi connectivity index (χ3n) is 5.81. The number of aliphatic hydroxyl groups is 1. The maximum Gasteiger partial charge on any atom is 0.306 e. The van der Waals surface area contributed by atoms with E-state index in [4.69, 9.17) is 5.11 Å². The molecule has 0 radical (unpaired) electrons. The number of carboxylic acid groups (broad SMARTS) is 1. The summed E-state index contributed by atoms with van der Waals surface area (Å²) in [6.45, 7) is 3.03. The number of nitrogens with one attached hydrogen (secondary N) is 1. The topological polar surface area (TPSA) is 72.8 Å². The van der Waals surface area contributed by atoms with Gasteiger partial charge in [0.1, 0.15) is 0 Å². The van der Waals surface area contributed by atoms with Gasteiger partial charge in [-0.15, -0.1) is 0 Å². The number of nitrogens with zero attached hydrogens (tertiary/aromatic N) is 1. The molecular formula is C16H28N2O3. The molecule has 2 unspecified atom stereocenters. The summed E-state index contributed by atoms with van der Waals surface area (Å²) in [6, 6.07) is 1.16. The van der Waals surface area contributed by atoms with Gasteiger partial charge in [0.25, 0.3) is 0 Å². The highest BCUT2D eigenvalue weighted by molar-refractivity contribution is 5.70. The number of hydrogen-bond donors (Lipinski definition) is 3. The standard InChI is InChI=1S/C16H28N2O3/c19-15(20)12-4-7-16(21,8-5-12)11-17-13-6-10-18-9-2-1-3-14(13)18/h12-14,17,21H,1-11H2,(H,19,20). The van der Waals surface area contributed by atoms with Crippen LogP contribution < -0.4 is 5.32 Å². The van der Waals surface area contributed by atoms with Crippen molar-refractivity contribution in [1.29, 1.82) is 0 Å². The van der Waals surface area contributed by atoms with E-state index in [-0.39, 0.29) is 5.92 Å². The Hall–Kier alpha value is -0.650. The van der Waals surface area contributed by atoms with Gasteiger partial charge < -0.3 is 15.5 Å². The van der Waals surface area contributed by atoms with E-state index < -0.39 is 11.6 Å². The van der Waals surface area contributed by atoms with E-state index in [2.05, 4.69) is 10.2 Å². The van der Waals surface area contributed by atoms with Crippen LogP contribution in [0.5, 0.6) is 0 Å². The second-order valence-corrected chi connectivity index (χ2v) is 7.21. The first-order valence-corrected chi connectivity index (χ1v) is 8.50. The van der Waals surface area contributed by atoms with Crippen LogP contribution in [0, 0.1) is 5.92 Å². The zero-order chi connectivity index (χ0) is 14.9. The Kier molecular flexibility index (Phi) is 4.52. The van der Waals surface area contributed by atoms with Gasteiger partial charge in [0.05, 0.1) is 11.5 Å². The van der Waals surface area contributed by atoms with Crippen molar-refractivity contribution in [2.24, 2.45) is 5.92 Å². The molecule has 2 saturated heterocycles. The van der Waals surface area contributed by atoms with Crippen LogP contribution in [0.1, 0.15) is 51.4 Å². The summed E-state index contributed by atoms with van der Waals surface area (Å²) in [5.74, 6) is -0.968. The summed E-state index contributed by atoms with van der Waals surface area (Å²) in [4.78, 5) is 13.6. The minimum Gasteiger partial charge on any atom is -0.481 e. The average Bonchev–Trinajstić information content (AvgIpc) is 2.89. The minimum absolute atomic E-state index is 0.259. The fourth-order valence-corrected chi connectivity index (χ4v) is 4.39. The maximum atomic E-state index is 11.0. The molecule has 3 N–H and O–H groups in total. The number of carbonyl (C=O) groups is 1. The minimum atomic E-state index is -0.710. The molecule has 3 rings (SSSR count). The Morgan fingerprint density at radius 2 is 1.90 bits per heavy atom. The summed E-state index contributed by atoms with van der Waals surface area (Å²) < 4.78 is 0. The van der Waals surface area contributed by atoms with Crippen molar-refractivity contribution in [2.45, 2.75) is 69.1 Å². The molecule has 0 aromatic rings. The first-order valence-electron chi connectivity index (χ1n) is 8.50. The van der Waals surface area contributed by atoms with Gasteiger partial charge in [-0.05, 0) is 51.5 Å². The lowest BCUT2D eigenvalue weighted by Crippen LogP contribution is -2.51. The molecule has 0 amide bonds. The Labute approximate surface area is 126 Å². The third-order valence-corrected chi connectivity index (χ3v) is 5.81. The number of carboxylic acids is 1. The van der Waals surface area contributed by atoms with Gasteiger partial charge in [-0.1, -0.05) is 6.42 Å². The van der Waals surface area contributed by atoms with Crippen molar-refractivity contribution < 1.29 is 15.0 Å². The van der Waals surface area contributed by atoms with Gasteiger partial charge in [0.15, 0.2) is 0 Å². The molecule has 0 aromatic heterocycles. The lowest BCUT2D eigenvalue weighted by molar-refractivity contribution is -0.144. The highest BCUT2D eigenvalue weighted by atomic mass is 16.4. The van der Waals surface area contributed by atoms with Crippen LogP contribution in [0.2, 0.25) is 0 Å². The lowest BCUT2D eigenvalue weighted by Gasteiger charge is -2.37. The Bertz CT molecular complexity index is 380. The van der Waals surface area contributed by atoms with Crippen LogP contribution in [0.4, 0.5) is 0 Å². The van der Waals surface area contributed by atoms with Crippen LogP contribution >= 0.6 is 0 Å². The zero-order valence-corrected chi connectivity index (χ0v) is 12.8. The van der Waals surface area contributed by atoms with Gasteiger partial charge >= 0.3 is 5.97 Å². The van der Waals surface area contributed by atoms with Crippen molar-refractivity contribution in [3.8, 4) is 0 Å². The van der Waals surface area contributed by atoms with Gasteiger partial charge in [0, 0.05) is 25.2 Å². The molecule has 21 heavy (non-hydrogen) atoms. The van der Waals surface area contributed by atoms with Crippen molar-refractivity contribution in [1.82, 2.24) is 10.2 Å². The van der Waals surface area contributed by atoms with E-state index in [1.54, 1.807) is 0 Å². The first-order chi connectivity index (χ1) is 10.1. The second kappa shape index (κ2) is 6.23. The maximum absolute atomic E-state index is 11.0. The van der Waals surface area contributed by atoms with Crippen molar-refractivity contribution in [2.75, 3.05) is 19.6 Å². The van der Waals surface area contributed by atoms with Gasteiger partial charge in [-0.25, -0.2) is 0 Å². The molecule has 3 fully saturated rings. The van der Waals surface area contributed by atoms with Crippen LogP contribution in [0.3, 0.4) is 0 Å². The number of hydrogen-bond acceptors (Lipinski definition) is 4. The molecule has 1 aliphatic carbocycles. The molecular weight excluding hydrogens is 268 g/mol. The molecule has 0 spiro atoms. The van der Waals surface area contributed by atoms with E-state index in [1.165, 1.54) is 38.8 Å². The number of rotatable bonds is 4. The SMILES string of the molecule is O=C(O)C1CCC(O)(CNC2CCN3CCCCC23)CC1. The third kappa shape index (κ3) is 3.41. The fourth-order valence-electron chi connectivity index (χ4n) is 4.39. The van der Waals surface area contributed by atoms with Crippen LogP contribution in [0.15, 0.2) is 0 Å². The number of fused-ring (bicyclic) bond motifs is 1. The van der Waals surface area contributed by atoms with Gasteiger partial charge in [-0.2, -0.15) is 0 Å². The van der Waals surface area contributed by atoms with E-state index in [9.17, 15) is 9.90 Å². The van der Waals surface area contributed by atoms with Crippen LogP contribution in [-0.4, -0.2) is 58.4 Å². The molecule has 0 aromatic carbocycles. The summed E-state index contributed by atoms with van der Waals surface area (Å²) in [6.07, 6.45) is 7.53. The Morgan fingerprint density at radius 1 is 1.14 bits per heavy atom. The quantitative estimate of drug-likeness (QED) is 0.727. The van der Waals surface area contributed by atoms with Gasteiger partial charge in [0.2, 0.25) is 0 Å². The van der Waals surface area contributed by atoms with E-state index >= 15 is 0 Å². The molecule has 2 heterocycles.